The van der Waals surface area contributed by atoms with E-state index >= 15 is 0 Å². The van der Waals surface area contributed by atoms with Crippen LogP contribution in [0.1, 0.15) is 26.2 Å². The first-order chi connectivity index (χ1) is 6.27. The molecule has 0 aliphatic heterocycles. The standard InChI is InChI=1S/C10H24I2Si2/c1-5-6-7-8-13(2,3)9-10-14(4,11)12/h5-10H2,1-4H3. The molecule has 0 aromatic rings. The molecule has 0 spiro atoms. The van der Waals surface area contributed by atoms with Gasteiger partial charge < -0.3 is 0 Å². The van der Waals surface area contributed by atoms with Crippen LogP contribution in [0, 0.1) is 0 Å². The van der Waals surface area contributed by atoms with E-state index in [4.69, 9.17) is 0 Å². The summed E-state index contributed by atoms with van der Waals surface area (Å²) in [5.41, 5.74) is 0. The molecule has 0 heterocycles. The average molecular weight is 454 g/mol. The van der Waals surface area contributed by atoms with Gasteiger partial charge in [-0.1, -0.05) is 57.9 Å². The highest BCUT2D eigenvalue weighted by molar-refractivity contribution is 14.3. The van der Waals surface area contributed by atoms with E-state index in [1.807, 2.05) is 0 Å². The van der Waals surface area contributed by atoms with Crippen molar-refractivity contribution in [1.82, 2.24) is 0 Å². The topological polar surface area (TPSA) is 0 Å². The number of hydrogen-bond donors (Lipinski definition) is 0. The van der Waals surface area contributed by atoms with Crippen LogP contribution in [0.2, 0.25) is 37.8 Å². The first-order valence-electron chi connectivity index (χ1n) is 5.65. The number of unbranched alkanes of at least 4 members (excludes halogenated alkanes) is 2. The SMILES string of the molecule is CCCCC[Si](C)(C)CC[Si](C)(I)I. The van der Waals surface area contributed by atoms with Gasteiger partial charge in [0.2, 0.25) is 0 Å². The second-order valence-electron chi connectivity index (χ2n) is 5.19. The Hall–Kier alpha value is 1.89. The lowest BCUT2D eigenvalue weighted by Gasteiger charge is -2.24. The second-order valence-corrected chi connectivity index (χ2v) is 33.6. The Morgan fingerprint density at radius 3 is 1.86 bits per heavy atom. The van der Waals surface area contributed by atoms with Gasteiger partial charge in [0.25, 0.3) is 0 Å². The summed E-state index contributed by atoms with van der Waals surface area (Å²) in [7, 11) is -0.825. The zero-order valence-electron chi connectivity index (χ0n) is 10.00. The van der Waals surface area contributed by atoms with Crippen molar-refractivity contribution in [2.24, 2.45) is 0 Å². The summed E-state index contributed by atoms with van der Waals surface area (Å²) in [6.07, 6.45) is 4.30. The van der Waals surface area contributed by atoms with Gasteiger partial charge in [0.15, 0.2) is 3.07 Å². The van der Waals surface area contributed by atoms with Gasteiger partial charge in [-0.2, -0.15) is 0 Å². The third-order valence-corrected chi connectivity index (χ3v) is 10.9. The van der Waals surface area contributed by atoms with Crippen LogP contribution in [0.3, 0.4) is 0 Å². The Balaban J connectivity index is 3.72. The summed E-state index contributed by atoms with van der Waals surface area (Å²) < 4.78 is -0.840. The van der Waals surface area contributed by atoms with Crippen molar-refractivity contribution in [2.45, 2.75) is 64.0 Å². The van der Waals surface area contributed by atoms with Crippen LogP contribution in [0.25, 0.3) is 0 Å². The molecule has 0 saturated carbocycles. The highest BCUT2D eigenvalue weighted by Gasteiger charge is 2.26. The molecule has 0 aliphatic carbocycles. The molecule has 4 heteroatoms. The Kier molecular flexibility index (Phi) is 8.25. The maximum absolute atomic E-state index is 2.71. The summed E-state index contributed by atoms with van der Waals surface area (Å²) in [4.78, 5) is 0. The minimum atomic E-state index is -0.840. The molecule has 0 aliphatic rings. The van der Waals surface area contributed by atoms with Crippen LogP contribution < -0.4 is 0 Å². The normalized spacial score (nSPS) is 13.3. The van der Waals surface area contributed by atoms with Gasteiger partial charge in [-0.3, -0.25) is 0 Å². The maximum Gasteiger partial charge on any atom is 0.188 e. The van der Waals surface area contributed by atoms with Crippen LogP contribution in [0.5, 0.6) is 0 Å². The van der Waals surface area contributed by atoms with E-state index in [0.717, 1.165) is 0 Å². The van der Waals surface area contributed by atoms with Gasteiger partial charge >= 0.3 is 0 Å². The lowest BCUT2D eigenvalue weighted by molar-refractivity contribution is 0.761. The monoisotopic (exact) mass is 454 g/mol. The number of hydrogen-bond acceptors (Lipinski definition) is 0. The Morgan fingerprint density at radius 1 is 0.857 bits per heavy atom. The molecular weight excluding hydrogens is 430 g/mol. The molecule has 0 atom stereocenters. The van der Waals surface area contributed by atoms with Crippen molar-refractivity contribution in [2.75, 3.05) is 0 Å². The van der Waals surface area contributed by atoms with E-state index in [9.17, 15) is 0 Å². The highest BCUT2D eigenvalue weighted by Crippen LogP contribution is 2.32. The fourth-order valence-electron chi connectivity index (χ4n) is 1.54. The maximum atomic E-state index is 2.71. The third kappa shape index (κ3) is 10.4. The van der Waals surface area contributed by atoms with Crippen molar-refractivity contribution in [3.05, 3.63) is 0 Å². The minimum absolute atomic E-state index is 0.825. The van der Waals surface area contributed by atoms with Crippen LogP contribution >= 0.6 is 43.6 Å². The molecule has 0 amide bonds. The van der Waals surface area contributed by atoms with Crippen LogP contribution in [-0.2, 0) is 0 Å². The number of halogens is 2. The van der Waals surface area contributed by atoms with Crippen molar-refractivity contribution in [3.63, 3.8) is 0 Å². The zero-order chi connectivity index (χ0) is 11.2. The molecule has 0 saturated heterocycles. The largest absolute Gasteiger partial charge is 0.188 e. The van der Waals surface area contributed by atoms with Gasteiger partial charge in [-0.05, 0) is 6.04 Å². The van der Waals surface area contributed by atoms with Gasteiger partial charge in [-0.25, -0.2) is 0 Å². The zero-order valence-corrected chi connectivity index (χ0v) is 16.3. The van der Waals surface area contributed by atoms with E-state index < -0.39 is 11.1 Å². The molecule has 0 aromatic heterocycles. The van der Waals surface area contributed by atoms with Gasteiger partial charge in [0, 0.05) is 8.07 Å². The molecule has 86 valence electrons. The molecule has 0 aromatic carbocycles. The summed E-state index contributed by atoms with van der Waals surface area (Å²) in [5.74, 6) is 0. The van der Waals surface area contributed by atoms with Crippen molar-refractivity contribution < 1.29 is 0 Å². The summed E-state index contributed by atoms with van der Waals surface area (Å²) in [5, 5.41) is 0. The fraction of sp³-hybridized carbons (Fsp3) is 1.00. The Bertz CT molecular complexity index is 153. The first-order valence-corrected chi connectivity index (χ1v) is 18.0. The van der Waals surface area contributed by atoms with Crippen LogP contribution in [0.15, 0.2) is 0 Å². The number of rotatable bonds is 7. The molecule has 0 N–H and O–H groups in total. The van der Waals surface area contributed by atoms with E-state index in [-0.39, 0.29) is 0 Å². The van der Waals surface area contributed by atoms with Gasteiger partial charge in [-0.15, -0.1) is 43.6 Å². The summed E-state index contributed by atoms with van der Waals surface area (Å²) >= 11 is 5.42. The molecule has 0 nitrogen and oxygen atoms in total. The molecule has 0 unspecified atom stereocenters. The highest BCUT2D eigenvalue weighted by atomic mass is 127. The summed E-state index contributed by atoms with van der Waals surface area (Å²) in [6.45, 7) is 9.94. The Labute approximate surface area is 117 Å². The van der Waals surface area contributed by atoms with Gasteiger partial charge in [0.1, 0.15) is 0 Å². The predicted molar refractivity (Wildman–Crippen MR) is 91.1 cm³/mol. The van der Waals surface area contributed by atoms with E-state index in [0.29, 0.717) is 0 Å². The quantitative estimate of drug-likeness (QED) is 0.197. The van der Waals surface area contributed by atoms with E-state index in [2.05, 4.69) is 70.2 Å². The molecule has 0 radical (unpaired) electrons. The predicted octanol–water partition coefficient (Wildman–Crippen LogP) is 5.83. The van der Waals surface area contributed by atoms with E-state index in [1.165, 1.54) is 25.3 Å². The van der Waals surface area contributed by atoms with Crippen LogP contribution in [-0.4, -0.2) is 11.1 Å². The van der Waals surface area contributed by atoms with Crippen molar-refractivity contribution >= 4 is 54.7 Å². The lowest BCUT2D eigenvalue weighted by Crippen LogP contribution is -2.27. The summed E-state index contributed by atoms with van der Waals surface area (Å²) in [6, 6.07) is 4.64. The molecular formula is C10H24I2Si2. The van der Waals surface area contributed by atoms with E-state index in [1.54, 1.807) is 12.1 Å². The minimum Gasteiger partial charge on any atom is -0.105 e. The van der Waals surface area contributed by atoms with Crippen molar-refractivity contribution in [3.8, 4) is 0 Å². The second kappa shape index (κ2) is 7.26. The fourth-order valence-corrected chi connectivity index (χ4v) is 12.3. The molecule has 0 bridgehead atoms. The third-order valence-electron chi connectivity index (χ3n) is 2.70. The molecule has 0 rings (SSSR count). The average Bonchev–Trinajstić information content (AvgIpc) is 2.00. The van der Waals surface area contributed by atoms with Crippen LogP contribution in [0.4, 0.5) is 0 Å². The molecule has 14 heavy (non-hydrogen) atoms. The van der Waals surface area contributed by atoms with Gasteiger partial charge in [0.05, 0.1) is 0 Å². The van der Waals surface area contributed by atoms with Crippen molar-refractivity contribution in [1.29, 1.82) is 0 Å². The Morgan fingerprint density at radius 2 is 1.43 bits per heavy atom. The smallest absolute Gasteiger partial charge is 0.105 e. The molecule has 0 fully saturated rings. The lowest BCUT2D eigenvalue weighted by atomic mass is 10.3. The first kappa shape index (κ1) is 15.9.